The Labute approximate surface area is 133 Å². The molecule has 2 rings (SSSR count). The lowest BCUT2D eigenvalue weighted by Crippen LogP contribution is -1.97. The van der Waals surface area contributed by atoms with Crippen molar-refractivity contribution >= 4 is 62.1 Å². The maximum absolute atomic E-state index is 6.12. The summed E-state index contributed by atoms with van der Waals surface area (Å²) in [6.07, 6.45) is 0. The monoisotopic (exact) mass is 384 g/mol. The Balaban J connectivity index is 2.21. The van der Waals surface area contributed by atoms with Crippen LogP contribution in [0.25, 0.3) is 0 Å². The second kappa shape index (κ2) is 6.49. The van der Waals surface area contributed by atoms with E-state index in [0.29, 0.717) is 28.3 Å². The van der Waals surface area contributed by atoms with Gasteiger partial charge in [0.15, 0.2) is 0 Å². The lowest BCUT2D eigenvalue weighted by atomic mass is 10.2. The number of ether oxygens (including phenoxy) is 1. The summed E-state index contributed by atoms with van der Waals surface area (Å²) in [5, 5.41) is 3.03. The van der Waals surface area contributed by atoms with E-state index in [1.807, 2.05) is 11.4 Å². The molecule has 96 valence electrons. The summed E-state index contributed by atoms with van der Waals surface area (Å²) in [6, 6.07) is 5.40. The molecule has 0 amide bonds. The molecule has 0 fully saturated rings. The predicted molar refractivity (Wildman–Crippen MR) is 82.4 cm³/mol. The van der Waals surface area contributed by atoms with Crippen molar-refractivity contribution in [3.05, 3.63) is 48.5 Å². The molecule has 0 bridgehead atoms. The van der Waals surface area contributed by atoms with E-state index in [-0.39, 0.29) is 0 Å². The first-order valence-electron chi connectivity index (χ1n) is 5.00. The maximum atomic E-state index is 6.12. The maximum Gasteiger partial charge on any atom is 0.142 e. The summed E-state index contributed by atoms with van der Waals surface area (Å²) in [5.41, 5.74) is 0.793. The van der Waals surface area contributed by atoms with E-state index in [1.165, 1.54) is 0 Å². The molecule has 1 aromatic heterocycles. The fraction of sp³-hybridized carbons (Fsp3) is 0.167. The number of thiophene rings is 1. The van der Waals surface area contributed by atoms with Crippen LogP contribution >= 0.6 is 62.1 Å². The van der Waals surface area contributed by atoms with E-state index >= 15 is 0 Å². The molecule has 1 nitrogen and oxygen atoms in total. The average molecular weight is 387 g/mol. The van der Waals surface area contributed by atoms with Crippen LogP contribution in [0.4, 0.5) is 0 Å². The number of alkyl halides is 1. The van der Waals surface area contributed by atoms with Gasteiger partial charge in [0, 0.05) is 15.1 Å². The molecule has 2 aromatic rings. The fourth-order valence-electron chi connectivity index (χ4n) is 1.44. The summed E-state index contributed by atoms with van der Waals surface area (Å²) in [5.74, 6) is 0.901. The van der Waals surface area contributed by atoms with Crippen molar-refractivity contribution in [3.8, 4) is 5.75 Å². The highest BCUT2D eigenvalue weighted by molar-refractivity contribution is 9.10. The van der Waals surface area contributed by atoms with Crippen molar-refractivity contribution in [2.45, 2.75) is 12.5 Å². The first-order chi connectivity index (χ1) is 8.61. The summed E-state index contributed by atoms with van der Waals surface area (Å²) in [7, 11) is 0. The van der Waals surface area contributed by atoms with Gasteiger partial charge in [-0.3, -0.25) is 0 Å². The molecule has 1 heterocycles. The molecule has 0 saturated heterocycles. The molecular weight excluding hydrogens is 378 g/mol. The molecular formula is C12H8BrCl3OS. The standard InChI is InChI=1S/C12H8BrCl3OS/c13-9-1-2-18-11(9)6-17-12-7(5-14)3-8(15)4-10(12)16/h1-4H,5-6H2. The normalized spacial score (nSPS) is 10.7. The highest BCUT2D eigenvalue weighted by Gasteiger charge is 2.11. The average Bonchev–Trinajstić information content (AvgIpc) is 2.73. The first-order valence-corrected chi connectivity index (χ1v) is 7.96. The highest BCUT2D eigenvalue weighted by atomic mass is 79.9. The van der Waals surface area contributed by atoms with Gasteiger partial charge in [0.1, 0.15) is 12.4 Å². The molecule has 0 atom stereocenters. The lowest BCUT2D eigenvalue weighted by molar-refractivity contribution is 0.307. The van der Waals surface area contributed by atoms with Crippen LogP contribution in [0, 0.1) is 0 Å². The van der Waals surface area contributed by atoms with Crippen molar-refractivity contribution in [1.82, 2.24) is 0 Å². The number of rotatable bonds is 4. The van der Waals surface area contributed by atoms with Gasteiger partial charge >= 0.3 is 0 Å². The Hall–Kier alpha value is 0.0700. The second-order valence-electron chi connectivity index (χ2n) is 3.49. The van der Waals surface area contributed by atoms with E-state index < -0.39 is 0 Å². The van der Waals surface area contributed by atoms with E-state index in [1.54, 1.807) is 23.5 Å². The Kier molecular flexibility index (Phi) is 5.22. The molecule has 18 heavy (non-hydrogen) atoms. The quantitative estimate of drug-likeness (QED) is 0.574. The lowest BCUT2D eigenvalue weighted by Gasteiger charge is -2.12. The molecule has 0 spiro atoms. The van der Waals surface area contributed by atoms with Crippen molar-refractivity contribution in [3.63, 3.8) is 0 Å². The molecule has 0 saturated carbocycles. The summed E-state index contributed by atoms with van der Waals surface area (Å²) >= 11 is 23.0. The van der Waals surface area contributed by atoms with E-state index in [4.69, 9.17) is 39.5 Å². The fourth-order valence-corrected chi connectivity index (χ4v) is 3.61. The van der Waals surface area contributed by atoms with Crippen LogP contribution in [-0.2, 0) is 12.5 Å². The largest absolute Gasteiger partial charge is 0.486 e. The van der Waals surface area contributed by atoms with Crippen molar-refractivity contribution in [2.24, 2.45) is 0 Å². The van der Waals surface area contributed by atoms with Gasteiger partial charge in [0.05, 0.1) is 15.8 Å². The van der Waals surface area contributed by atoms with Crippen LogP contribution in [0.1, 0.15) is 10.4 Å². The molecule has 1 aromatic carbocycles. The summed E-state index contributed by atoms with van der Waals surface area (Å²) in [4.78, 5) is 1.10. The highest BCUT2D eigenvalue weighted by Crippen LogP contribution is 2.35. The summed E-state index contributed by atoms with van der Waals surface area (Å²) in [6.45, 7) is 0.448. The SMILES string of the molecule is ClCc1cc(Cl)cc(Cl)c1OCc1sccc1Br. The zero-order valence-corrected chi connectivity index (χ0v) is 13.7. The first kappa shape index (κ1) is 14.5. The number of halogens is 4. The van der Waals surface area contributed by atoms with E-state index in [9.17, 15) is 0 Å². The second-order valence-corrected chi connectivity index (χ2v) is 6.46. The topological polar surface area (TPSA) is 9.23 Å². The van der Waals surface area contributed by atoms with Gasteiger partial charge in [0.25, 0.3) is 0 Å². The van der Waals surface area contributed by atoms with Crippen LogP contribution in [0.5, 0.6) is 5.75 Å². The third kappa shape index (κ3) is 3.34. The number of hydrogen-bond acceptors (Lipinski definition) is 2. The summed E-state index contributed by atoms with van der Waals surface area (Å²) < 4.78 is 6.78. The van der Waals surface area contributed by atoms with Crippen LogP contribution in [-0.4, -0.2) is 0 Å². The third-order valence-corrected chi connectivity index (χ3v) is 4.95. The third-order valence-electron chi connectivity index (χ3n) is 2.27. The van der Waals surface area contributed by atoms with Gasteiger partial charge < -0.3 is 4.74 Å². The molecule has 6 heteroatoms. The Morgan fingerprint density at radius 2 is 2.06 bits per heavy atom. The number of benzene rings is 1. The van der Waals surface area contributed by atoms with Crippen molar-refractivity contribution in [2.75, 3.05) is 0 Å². The number of hydrogen-bond donors (Lipinski definition) is 0. The van der Waals surface area contributed by atoms with Crippen LogP contribution in [0.15, 0.2) is 28.1 Å². The molecule has 0 aliphatic rings. The van der Waals surface area contributed by atoms with E-state index in [2.05, 4.69) is 15.9 Å². The van der Waals surface area contributed by atoms with Gasteiger partial charge in [0.2, 0.25) is 0 Å². The van der Waals surface area contributed by atoms with Crippen molar-refractivity contribution < 1.29 is 4.74 Å². The Morgan fingerprint density at radius 1 is 1.28 bits per heavy atom. The zero-order chi connectivity index (χ0) is 13.1. The van der Waals surface area contributed by atoms with Crippen LogP contribution < -0.4 is 4.74 Å². The van der Waals surface area contributed by atoms with Gasteiger partial charge in [-0.1, -0.05) is 23.2 Å². The molecule has 0 aliphatic carbocycles. The molecule has 0 unspecified atom stereocenters. The van der Waals surface area contributed by atoms with Crippen LogP contribution in [0.2, 0.25) is 10.0 Å². The minimum absolute atomic E-state index is 0.307. The minimum Gasteiger partial charge on any atom is -0.486 e. The van der Waals surface area contributed by atoms with Gasteiger partial charge in [-0.25, -0.2) is 0 Å². The zero-order valence-electron chi connectivity index (χ0n) is 9.05. The van der Waals surface area contributed by atoms with Crippen molar-refractivity contribution in [1.29, 1.82) is 0 Å². The Morgan fingerprint density at radius 3 is 2.67 bits per heavy atom. The molecule has 0 aliphatic heterocycles. The smallest absolute Gasteiger partial charge is 0.142 e. The van der Waals surface area contributed by atoms with Gasteiger partial charge in [-0.15, -0.1) is 22.9 Å². The van der Waals surface area contributed by atoms with E-state index in [0.717, 1.165) is 14.9 Å². The van der Waals surface area contributed by atoms with Gasteiger partial charge in [-0.05, 0) is 39.5 Å². The van der Waals surface area contributed by atoms with Gasteiger partial charge in [-0.2, -0.15) is 0 Å². The van der Waals surface area contributed by atoms with Crippen LogP contribution in [0.3, 0.4) is 0 Å². The molecule has 0 N–H and O–H groups in total. The Bertz CT molecular complexity index is 556. The molecule has 0 radical (unpaired) electrons. The minimum atomic E-state index is 0.307. The predicted octanol–water partition coefficient (Wildman–Crippen LogP) is 6.14.